The van der Waals surface area contributed by atoms with E-state index < -0.39 is 0 Å². The van der Waals surface area contributed by atoms with Gasteiger partial charge in [0.2, 0.25) is 0 Å². The molecule has 2 aromatic carbocycles. The molecule has 182 valence electrons. The Kier molecular flexibility index (Phi) is 6.71. The number of nitrogens with one attached hydrogen (secondary N) is 1. The zero-order chi connectivity index (χ0) is 25.4. The van der Waals surface area contributed by atoms with E-state index in [1.807, 2.05) is 48.9 Å². The Balaban J connectivity index is 1.47. The molecule has 0 radical (unpaired) electrons. The largest absolute Gasteiger partial charge is 0.304 e. The highest BCUT2D eigenvalue weighted by molar-refractivity contribution is 6.35. The Hall–Kier alpha value is -3.39. The maximum Gasteiger partial charge on any atom is 0.257 e. The van der Waals surface area contributed by atoms with Gasteiger partial charge in [-0.25, -0.2) is 4.98 Å². The van der Waals surface area contributed by atoms with Gasteiger partial charge in [-0.2, -0.15) is 10.2 Å². The van der Waals surface area contributed by atoms with E-state index in [2.05, 4.69) is 15.5 Å². The minimum Gasteiger partial charge on any atom is -0.304 e. The first-order valence-corrected chi connectivity index (χ1v) is 12.4. The number of halogens is 3. The van der Waals surface area contributed by atoms with E-state index in [4.69, 9.17) is 39.8 Å². The molecule has 0 bridgehead atoms. The van der Waals surface area contributed by atoms with E-state index in [0.717, 1.165) is 28.8 Å². The highest BCUT2D eigenvalue weighted by atomic mass is 35.5. The maximum atomic E-state index is 13.5. The standard InChI is InChI=1S/C26H21Cl3N6O/c1-3-35-15(2)20(12-30-35)24-11-19(18-6-4-5-7-23(18)31-24)26(36)32-25-22(29)14-34(33-25)13-16-8-9-17(27)10-21(16)28/h4-12,14H,3,13H2,1-2H3,(H,32,33,36). The number of fused-ring (bicyclic) bond motifs is 1. The number of benzene rings is 2. The summed E-state index contributed by atoms with van der Waals surface area (Å²) >= 11 is 18.7. The third-order valence-electron chi connectivity index (χ3n) is 5.94. The van der Waals surface area contributed by atoms with Crippen LogP contribution in [0.1, 0.15) is 28.5 Å². The first kappa shape index (κ1) is 24.3. The smallest absolute Gasteiger partial charge is 0.257 e. The zero-order valence-electron chi connectivity index (χ0n) is 19.5. The fourth-order valence-electron chi connectivity index (χ4n) is 4.08. The molecule has 0 aliphatic carbocycles. The van der Waals surface area contributed by atoms with Crippen molar-refractivity contribution in [3.8, 4) is 11.3 Å². The first-order chi connectivity index (χ1) is 17.3. The number of carbonyl (C=O) groups is 1. The van der Waals surface area contributed by atoms with Crippen LogP contribution in [0.15, 0.2) is 60.9 Å². The van der Waals surface area contributed by atoms with Crippen LogP contribution in [0.2, 0.25) is 15.1 Å². The molecule has 0 unspecified atom stereocenters. The van der Waals surface area contributed by atoms with Crippen LogP contribution < -0.4 is 5.32 Å². The van der Waals surface area contributed by atoms with Gasteiger partial charge in [0.1, 0.15) is 5.02 Å². The third-order valence-corrected chi connectivity index (χ3v) is 6.80. The zero-order valence-corrected chi connectivity index (χ0v) is 21.7. The van der Waals surface area contributed by atoms with Gasteiger partial charge in [-0.15, -0.1) is 0 Å². The summed E-state index contributed by atoms with van der Waals surface area (Å²) in [7, 11) is 0. The predicted molar refractivity (Wildman–Crippen MR) is 144 cm³/mol. The molecule has 36 heavy (non-hydrogen) atoms. The van der Waals surface area contributed by atoms with Crippen LogP contribution >= 0.6 is 34.8 Å². The van der Waals surface area contributed by atoms with Crippen molar-refractivity contribution in [2.45, 2.75) is 26.9 Å². The molecular formula is C26H21Cl3N6O. The lowest BCUT2D eigenvalue weighted by molar-refractivity contribution is 0.102. The fourth-order valence-corrected chi connectivity index (χ4v) is 4.75. The van der Waals surface area contributed by atoms with Crippen molar-refractivity contribution >= 4 is 57.4 Å². The molecule has 3 aromatic heterocycles. The number of aryl methyl sites for hydroxylation is 1. The van der Waals surface area contributed by atoms with Crippen molar-refractivity contribution in [2.75, 3.05) is 5.32 Å². The molecule has 3 heterocycles. The summed E-state index contributed by atoms with van der Waals surface area (Å²) in [5.41, 5.74) is 4.52. The van der Waals surface area contributed by atoms with Crippen LogP contribution in [0, 0.1) is 6.92 Å². The van der Waals surface area contributed by atoms with Gasteiger partial charge in [-0.3, -0.25) is 14.2 Å². The Morgan fingerprint density at radius 1 is 1.06 bits per heavy atom. The molecule has 0 saturated heterocycles. The number of anilines is 1. The minimum absolute atomic E-state index is 0.254. The molecule has 0 fully saturated rings. The van der Waals surface area contributed by atoms with Crippen molar-refractivity contribution < 1.29 is 4.79 Å². The number of rotatable bonds is 6. The van der Waals surface area contributed by atoms with Crippen molar-refractivity contribution in [2.24, 2.45) is 0 Å². The Morgan fingerprint density at radius 3 is 2.61 bits per heavy atom. The van der Waals surface area contributed by atoms with Crippen molar-refractivity contribution in [3.63, 3.8) is 0 Å². The molecule has 1 amide bonds. The summed E-state index contributed by atoms with van der Waals surface area (Å²) in [5.74, 6) is -0.0868. The van der Waals surface area contributed by atoms with Crippen molar-refractivity contribution in [1.29, 1.82) is 0 Å². The molecule has 5 rings (SSSR count). The van der Waals surface area contributed by atoms with Crippen molar-refractivity contribution in [3.05, 3.63) is 92.8 Å². The summed E-state index contributed by atoms with van der Waals surface area (Å²) in [6, 6.07) is 14.5. The van der Waals surface area contributed by atoms with Crippen LogP contribution in [0.4, 0.5) is 5.82 Å². The van der Waals surface area contributed by atoms with Gasteiger partial charge in [0, 0.05) is 39.4 Å². The highest BCUT2D eigenvalue weighted by Gasteiger charge is 2.19. The average molecular weight is 540 g/mol. The Bertz CT molecular complexity index is 1610. The molecular weight excluding hydrogens is 519 g/mol. The summed E-state index contributed by atoms with van der Waals surface area (Å²) < 4.78 is 3.51. The number of nitrogens with zero attached hydrogens (tertiary/aromatic N) is 5. The second kappa shape index (κ2) is 9.93. The quantitative estimate of drug-likeness (QED) is 0.255. The van der Waals surface area contributed by atoms with E-state index >= 15 is 0 Å². The number of hydrogen-bond acceptors (Lipinski definition) is 4. The van der Waals surface area contributed by atoms with E-state index in [1.165, 1.54) is 0 Å². The van der Waals surface area contributed by atoms with Crippen LogP contribution in [0.25, 0.3) is 22.2 Å². The molecule has 0 spiro atoms. The number of aromatic nitrogens is 5. The summed E-state index contributed by atoms with van der Waals surface area (Å²) in [4.78, 5) is 18.3. The lowest BCUT2D eigenvalue weighted by Gasteiger charge is -2.10. The SMILES string of the molecule is CCn1ncc(-c2cc(C(=O)Nc3nn(Cc4ccc(Cl)cc4Cl)cc3Cl)c3ccccc3n2)c1C. The normalized spacial score (nSPS) is 11.2. The maximum absolute atomic E-state index is 13.5. The van der Waals surface area contributed by atoms with Crippen LogP contribution in [0.5, 0.6) is 0 Å². The predicted octanol–water partition coefficient (Wildman–Crippen LogP) is 6.88. The van der Waals surface area contributed by atoms with Gasteiger partial charge < -0.3 is 5.32 Å². The van der Waals surface area contributed by atoms with Crippen molar-refractivity contribution in [1.82, 2.24) is 24.5 Å². The van der Waals surface area contributed by atoms with E-state index in [1.54, 1.807) is 35.3 Å². The van der Waals surface area contributed by atoms with Gasteiger partial charge in [-0.1, -0.05) is 59.1 Å². The molecule has 0 aliphatic heterocycles. The Labute approximate surface area is 222 Å². The summed E-state index contributed by atoms with van der Waals surface area (Å²) in [6.45, 7) is 5.13. The summed E-state index contributed by atoms with van der Waals surface area (Å²) in [5, 5.41) is 13.8. The Morgan fingerprint density at radius 2 is 1.86 bits per heavy atom. The molecule has 5 aromatic rings. The molecule has 7 nitrogen and oxygen atoms in total. The van der Waals surface area contributed by atoms with E-state index in [-0.39, 0.29) is 11.7 Å². The number of amides is 1. The van der Waals surface area contributed by atoms with Crippen LogP contribution in [-0.4, -0.2) is 30.5 Å². The minimum atomic E-state index is -0.341. The number of para-hydroxylation sites is 1. The topological polar surface area (TPSA) is 77.6 Å². The third kappa shape index (κ3) is 4.69. The summed E-state index contributed by atoms with van der Waals surface area (Å²) in [6.07, 6.45) is 3.42. The molecule has 1 N–H and O–H groups in total. The first-order valence-electron chi connectivity index (χ1n) is 11.2. The molecule has 0 atom stereocenters. The molecule has 10 heteroatoms. The fraction of sp³-hybridized carbons (Fsp3) is 0.154. The molecule has 0 saturated carbocycles. The second-order valence-electron chi connectivity index (χ2n) is 8.24. The van der Waals surface area contributed by atoms with Gasteiger partial charge in [-0.05, 0) is 43.7 Å². The van der Waals surface area contributed by atoms with Crippen LogP contribution in [0.3, 0.4) is 0 Å². The monoisotopic (exact) mass is 538 g/mol. The highest BCUT2D eigenvalue weighted by Crippen LogP contribution is 2.29. The number of hydrogen-bond donors (Lipinski definition) is 1. The van der Waals surface area contributed by atoms with Crippen LogP contribution in [-0.2, 0) is 13.1 Å². The lowest BCUT2D eigenvalue weighted by atomic mass is 10.0. The lowest BCUT2D eigenvalue weighted by Crippen LogP contribution is -2.14. The van der Waals surface area contributed by atoms with Gasteiger partial charge in [0.25, 0.3) is 5.91 Å². The van der Waals surface area contributed by atoms with E-state index in [9.17, 15) is 4.79 Å². The van der Waals surface area contributed by atoms with E-state index in [0.29, 0.717) is 38.4 Å². The number of carbonyl (C=O) groups excluding carboxylic acids is 1. The van der Waals surface area contributed by atoms with Gasteiger partial charge in [0.05, 0.1) is 29.5 Å². The van der Waals surface area contributed by atoms with Gasteiger partial charge >= 0.3 is 0 Å². The van der Waals surface area contributed by atoms with Gasteiger partial charge in [0.15, 0.2) is 5.82 Å². The molecule has 0 aliphatic rings. The average Bonchev–Trinajstić information content (AvgIpc) is 3.41. The number of pyridine rings is 1. The second-order valence-corrected chi connectivity index (χ2v) is 9.50.